The highest BCUT2D eigenvalue weighted by molar-refractivity contribution is 6.00. The lowest BCUT2D eigenvalue weighted by atomic mass is 10.0. The number of aryl methyl sites for hydroxylation is 2. The highest BCUT2D eigenvalue weighted by Gasteiger charge is 2.35. The van der Waals surface area contributed by atoms with Gasteiger partial charge in [-0.05, 0) is 51.3 Å². The highest BCUT2D eigenvalue weighted by Crippen LogP contribution is 2.24. The van der Waals surface area contributed by atoms with Crippen molar-refractivity contribution in [1.29, 1.82) is 0 Å². The summed E-state index contributed by atoms with van der Waals surface area (Å²) in [6.07, 6.45) is 0.609. The number of hydrogen-bond acceptors (Lipinski definition) is 7. The molecule has 1 aromatic carbocycles. The number of rotatable bonds is 5. The normalized spacial score (nSPS) is 20.9. The molecule has 2 atom stereocenters. The van der Waals surface area contributed by atoms with Crippen molar-refractivity contribution in [1.82, 2.24) is 24.7 Å². The summed E-state index contributed by atoms with van der Waals surface area (Å²) in [5.41, 5.74) is 1.11. The molecular formula is C25H33N5O6. The van der Waals surface area contributed by atoms with Crippen LogP contribution in [0.4, 0.5) is 4.79 Å². The van der Waals surface area contributed by atoms with E-state index in [1.807, 2.05) is 12.1 Å². The van der Waals surface area contributed by atoms with Crippen LogP contribution in [0.3, 0.4) is 0 Å². The van der Waals surface area contributed by atoms with Crippen molar-refractivity contribution >= 4 is 34.7 Å². The summed E-state index contributed by atoms with van der Waals surface area (Å²) in [5.74, 6) is -0.885. The minimum Gasteiger partial charge on any atom is -0.444 e. The van der Waals surface area contributed by atoms with Gasteiger partial charge in [-0.3, -0.25) is 33.7 Å². The molecule has 36 heavy (non-hydrogen) atoms. The van der Waals surface area contributed by atoms with Crippen LogP contribution >= 0.6 is 0 Å². The van der Waals surface area contributed by atoms with Gasteiger partial charge in [0.1, 0.15) is 17.7 Å². The summed E-state index contributed by atoms with van der Waals surface area (Å²) in [6.45, 7) is 6.74. The number of piperidine rings is 1. The zero-order valence-corrected chi connectivity index (χ0v) is 21.1. The van der Waals surface area contributed by atoms with Crippen molar-refractivity contribution in [2.24, 2.45) is 7.05 Å². The van der Waals surface area contributed by atoms with E-state index in [0.717, 1.165) is 5.56 Å². The Bertz CT molecular complexity index is 1270. The fraction of sp³-hybridized carbons (Fsp3) is 0.560. The number of nitrogens with zero attached hydrogens (tertiary/aromatic N) is 3. The fourth-order valence-corrected chi connectivity index (χ4v) is 4.76. The van der Waals surface area contributed by atoms with E-state index in [1.165, 1.54) is 14.0 Å². The number of nitrogens with one attached hydrogen (secondary N) is 2. The number of piperazine rings is 1. The van der Waals surface area contributed by atoms with Crippen molar-refractivity contribution in [3.8, 4) is 0 Å². The number of ketones is 1. The number of fused-ring (bicyclic) bond motifs is 1. The maximum Gasteiger partial charge on any atom is 0.410 e. The lowest BCUT2D eigenvalue weighted by Crippen LogP contribution is -2.57. The average Bonchev–Trinajstić information content (AvgIpc) is 3.06. The lowest BCUT2D eigenvalue weighted by molar-refractivity contribution is -0.135. The van der Waals surface area contributed by atoms with Crippen LogP contribution in [0.25, 0.3) is 11.0 Å². The standard InChI is InChI=1S/C25H33N5O6/c1-25(2,3)36-24(35)29-12-11-26-14-19(29)20(31)9-6-15-5-7-16-18(13-15)28(4)23(34)30(16)17-8-10-21(32)27-22(17)33/h5,7,13,17,19,26H,6,8-12,14H2,1-4H3,(H,27,32,33). The van der Waals surface area contributed by atoms with Gasteiger partial charge in [0.05, 0.1) is 11.0 Å². The number of amides is 3. The van der Waals surface area contributed by atoms with E-state index in [2.05, 4.69) is 10.6 Å². The van der Waals surface area contributed by atoms with Gasteiger partial charge in [-0.25, -0.2) is 9.59 Å². The van der Waals surface area contributed by atoms with E-state index in [0.29, 0.717) is 37.1 Å². The van der Waals surface area contributed by atoms with Crippen LogP contribution in [0.1, 0.15) is 51.6 Å². The van der Waals surface area contributed by atoms with Crippen LogP contribution in [-0.4, -0.2) is 69.0 Å². The molecular weight excluding hydrogens is 466 g/mol. The zero-order chi connectivity index (χ0) is 26.2. The van der Waals surface area contributed by atoms with Crippen molar-refractivity contribution in [3.05, 3.63) is 34.2 Å². The predicted molar refractivity (Wildman–Crippen MR) is 132 cm³/mol. The van der Waals surface area contributed by atoms with Crippen molar-refractivity contribution in [2.45, 2.75) is 64.1 Å². The van der Waals surface area contributed by atoms with Gasteiger partial charge in [0.25, 0.3) is 0 Å². The quantitative estimate of drug-likeness (QED) is 0.588. The molecule has 0 radical (unpaired) electrons. The van der Waals surface area contributed by atoms with E-state index >= 15 is 0 Å². The summed E-state index contributed by atoms with van der Waals surface area (Å²) in [6, 6.07) is 4.11. The Kier molecular flexibility index (Phi) is 7.03. The van der Waals surface area contributed by atoms with Gasteiger partial charge in [0.2, 0.25) is 11.8 Å². The molecule has 2 saturated heterocycles. The van der Waals surface area contributed by atoms with Gasteiger partial charge in [0, 0.05) is 39.5 Å². The molecule has 2 aliphatic rings. The number of benzene rings is 1. The summed E-state index contributed by atoms with van der Waals surface area (Å²) in [5, 5.41) is 5.48. The van der Waals surface area contributed by atoms with Gasteiger partial charge in [0.15, 0.2) is 5.78 Å². The van der Waals surface area contributed by atoms with Gasteiger partial charge in [-0.15, -0.1) is 0 Å². The zero-order valence-electron chi connectivity index (χ0n) is 21.1. The van der Waals surface area contributed by atoms with Crippen LogP contribution in [0.15, 0.2) is 23.0 Å². The number of imide groups is 1. The monoisotopic (exact) mass is 499 g/mol. The minimum atomic E-state index is -0.746. The molecule has 0 aliphatic carbocycles. The Hall–Kier alpha value is -3.47. The molecule has 2 fully saturated rings. The molecule has 11 nitrogen and oxygen atoms in total. The Labute approximate surface area is 208 Å². The number of ether oxygens (including phenoxy) is 1. The molecule has 1 aromatic heterocycles. The number of aromatic nitrogens is 2. The van der Waals surface area contributed by atoms with Crippen molar-refractivity contribution in [2.75, 3.05) is 19.6 Å². The van der Waals surface area contributed by atoms with Crippen LogP contribution in [-0.2, 0) is 32.6 Å². The molecule has 0 bridgehead atoms. The van der Waals surface area contributed by atoms with Crippen molar-refractivity contribution in [3.63, 3.8) is 0 Å². The number of hydrogen-bond donors (Lipinski definition) is 2. The van der Waals surface area contributed by atoms with Crippen LogP contribution in [0.2, 0.25) is 0 Å². The van der Waals surface area contributed by atoms with E-state index in [4.69, 9.17) is 4.74 Å². The first-order valence-electron chi connectivity index (χ1n) is 12.2. The maximum absolute atomic E-state index is 13.1. The van der Waals surface area contributed by atoms with Crippen LogP contribution < -0.4 is 16.3 Å². The molecule has 3 amide bonds. The second-order valence-corrected chi connectivity index (χ2v) is 10.4. The number of carbonyl (C=O) groups excluding carboxylic acids is 4. The Morgan fingerprint density at radius 3 is 2.58 bits per heavy atom. The topological polar surface area (TPSA) is 132 Å². The first-order chi connectivity index (χ1) is 17.0. The largest absolute Gasteiger partial charge is 0.444 e. The number of Topliss-reactive ketones (excluding diaryl/α,β-unsaturated/α-hetero) is 1. The SMILES string of the molecule is Cn1c(=O)n(C2CCC(=O)NC2=O)c2ccc(CCC(=O)C3CNCCN3C(=O)OC(C)(C)C)cc21. The van der Waals surface area contributed by atoms with E-state index in [9.17, 15) is 24.0 Å². The van der Waals surface area contributed by atoms with Gasteiger partial charge >= 0.3 is 11.8 Å². The Morgan fingerprint density at radius 1 is 1.14 bits per heavy atom. The van der Waals surface area contributed by atoms with Crippen LogP contribution in [0, 0.1) is 0 Å². The Morgan fingerprint density at radius 2 is 1.89 bits per heavy atom. The van der Waals surface area contributed by atoms with E-state index < -0.39 is 29.7 Å². The van der Waals surface area contributed by atoms with Gasteiger partial charge in [-0.1, -0.05) is 6.07 Å². The summed E-state index contributed by atoms with van der Waals surface area (Å²) >= 11 is 0. The smallest absolute Gasteiger partial charge is 0.410 e. The first kappa shape index (κ1) is 25.6. The second-order valence-electron chi connectivity index (χ2n) is 10.4. The highest BCUT2D eigenvalue weighted by atomic mass is 16.6. The molecule has 4 rings (SSSR count). The minimum absolute atomic E-state index is 0.0665. The maximum atomic E-state index is 13.1. The summed E-state index contributed by atoms with van der Waals surface area (Å²) in [4.78, 5) is 64.1. The van der Waals surface area contributed by atoms with Gasteiger partial charge in [-0.2, -0.15) is 0 Å². The van der Waals surface area contributed by atoms with E-state index in [-0.39, 0.29) is 36.6 Å². The molecule has 2 aliphatic heterocycles. The van der Waals surface area contributed by atoms with Crippen LogP contribution in [0.5, 0.6) is 0 Å². The molecule has 194 valence electrons. The summed E-state index contributed by atoms with van der Waals surface area (Å²) in [7, 11) is 1.63. The number of imidazole rings is 1. The van der Waals surface area contributed by atoms with Gasteiger partial charge < -0.3 is 10.1 Å². The predicted octanol–water partition coefficient (Wildman–Crippen LogP) is 1.03. The average molecular weight is 500 g/mol. The Balaban J connectivity index is 1.50. The second kappa shape index (κ2) is 9.88. The summed E-state index contributed by atoms with van der Waals surface area (Å²) < 4.78 is 8.38. The third kappa shape index (κ3) is 5.20. The molecule has 0 spiro atoms. The molecule has 2 N–H and O–H groups in total. The van der Waals surface area contributed by atoms with Crippen molar-refractivity contribution < 1.29 is 23.9 Å². The third-order valence-corrected chi connectivity index (χ3v) is 6.58. The molecule has 0 saturated carbocycles. The molecule has 11 heteroatoms. The molecule has 2 unspecified atom stereocenters. The number of carbonyl (C=O) groups is 4. The lowest BCUT2D eigenvalue weighted by Gasteiger charge is -2.36. The molecule has 3 heterocycles. The fourth-order valence-electron chi connectivity index (χ4n) is 4.76. The first-order valence-corrected chi connectivity index (χ1v) is 12.2. The van der Waals surface area contributed by atoms with E-state index in [1.54, 1.807) is 33.9 Å². The molecule has 2 aromatic rings. The third-order valence-electron chi connectivity index (χ3n) is 6.58.